The van der Waals surface area contributed by atoms with Crippen LogP contribution >= 0.6 is 0 Å². The number of ether oxygens (including phenoxy) is 3. The molecule has 1 saturated carbocycles. The summed E-state index contributed by atoms with van der Waals surface area (Å²) in [6.45, 7) is 3.45. The molecule has 1 aliphatic rings. The van der Waals surface area contributed by atoms with Crippen LogP contribution in [-0.2, 0) is 5.54 Å². The van der Waals surface area contributed by atoms with Gasteiger partial charge in [-0.3, -0.25) is 4.90 Å². The average Bonchev–Trinajstić information content (AvgIpc) is 3.60. The Kier molecular flexibility index (Phi) is 7.43. The van der Waals surface area contributed by atoms with E-state index in [1.165, 1.54) is 18.4 Å². The van der Waals surface area contributed by atoms with Crippen LogP contribution in [-0.4, -0.2) is 39.8 Å². The molecule has 4 heteroatoms. The van der Waals surface area contributed by atoms with Crippen LogP contribution in [0.25, 0.3) is 6.08 Å². The van der Waals surface area contributed by atoms with Crippen molar-refractivity contribution in [2.24, 2.45) is 5.92 Å². The van der Waals surface area contributed by atoms with Gasteiger partial charge in [0.1, 0.15) is 0 Å². The van der Waals surface area contributed by atoms with E-state index in [4.69, 9.17) is 14.2 Å². The highest BCUT2D eigenvalue weighted by Crippen LogP contribution is 2.41. The highest BCUT2D eigenvalue weighted by molar-refractivity contribution is 5.62. The minimum absolute atomic E-state index is 0.0129. The van der Waals surface area contributed by atoms with E-state index in [-0.39, 0.29) is 5.54 Å². The van der Waals surface area contributed by atoms with Gasteiger partial charge in [0.05, 0.1) is 21.3 Å². The quantitative estimate of drug-likeness (QED) is 0.472. The average molecular weight is 410 g/mol. The van der Waals surface area contributed by atoms with E-state index in [1.54, 1.807) is 21.3 Å². The molecule has 2 aromatic carbocycles. The zero-order chi connectivity index (χ0) is 21.6. The van der Waals surface area contributed by atoms with Crippen LogP contribution in [0.15, 0.2) is 48.5 Å². The molecule has 162 valence electrons. The SMILES string of the molecule is CCC(C/C=C/c1cc(OC)c(OC)c(OC)c1)(c1ccccc1)N(C)CC1CC1. The van der Waals surface area contributed by atoms with Gasteiger partial charge < -0.3 is 14.2 Å². The third-order valence-electron chi connectivity index (χ3n) is 6.31. The number of nitrogens with zero attached hydrogens (tertiary/aromatic N) is 1. The molecule has 4 nitrogen and oxygen atoms in total. The van der Waals surface area contributed by atoms with Crippen molar-refractivity contribution in [2.45, 2.75) is 38.1 Å². The van der Waals surface area contributed by atoms with Gasteiger partial charge in [-0.2, -0.15) is 0 Å². The number of benzene rings is 2. The van der Waals surface area contributed by atoms with Crippen LogP contribution in [0.1, 0.15) is 43.7 Å². The first-order chi connectivity index (χ1) is 14.6. The van der Waals surface area contributed by atoms with E-state index < -0.39 is 0 Å². The normalized spacial score (nSPS) is 15.9. The lowest BCUT2D eigenvalue weighted by atomic mass is 9.82. The Morgan fingerprint density at radius 2 is 1.63 bits per heavy atom. The fourth-order valence-corrected chi connectivity index (χ4v) is 4.31. The molecule has 0 radical (unpaired) electrons. The van der Waals surface area contributed by atoms with Gasteiger partial charge in [-0.05, 0) is 61.9 Å². The molecule has 0 heterocycles. The first-order valence-electron chi connectivity index (χ1n) is 10.8. The lowest BCUT2D eigenvalue weighted by molar-refractivity contribution is 0.108. The highest BCUT2D eigenvalue weighted by Gasteiger charge is 2.36. The summed E-state index contributed by atoms with van der Waals surface area (Å²) in [5.41, 5.74) is 2.40. The first kappa shape index (κ1) is 22.2. The summed E-state index contributed by atoms with van der Waals surface area (Å²) in [6.07, 6.45) is 9.15. The third kappa shape index (κ3) is 4.81. The second-order valence-electron chi connectivity index (χ2n) is 8.14. The summed E-state index contributed by atoms with van der Waals surface area (Å²) in [5.74, 6) is 2.82. The van der Waals surface area contributed by atoms with Gasteiger partial charge in [-0.15, -0.1) is 0 Å². The molecular formula is C26H35NO3. The maximum absolute atomic E-state index is 5.50. The smallest absolute Gasteiger partial charge is 0.203 e. The monoisotopic (exact) mass is 409 g/mol. The molecule has 0 N–H and O–H groups in total. The maximum atomic E-state index is 5.50. The van der Waals surface area contributed by atoms with Crippen LogP contribution in [0.2, 0.25) is 0 Å². The largest absolute Gasteiger partial charge is 0.493 e. The second-order valence-corrected chi connectivity index (χ2v) is 8.14. The zero-order valence-corrected chi connectivity index (χ0v) is 19.0. The highest BCUT2D eigenvalue weighted by atomic mass is 16.5. The van der Waals surface area contributed by atoms with Crippen LogP contribution in [0.5, 0.6) is 17.2 Å². The molecule has 0 amide bonds. The number of rotatable bonds is 11. The molecule has 0 bridgehead atoms. The number of methoxy groups -OCH3 is 3. The number of hydrogen-bond acceptors (Lipinski definition) is 4. The van der Waals surface area contributed by atoms with Gasteiger partial charge in [-0.25, -0.2) is 0 Å². The van der Waals surface area contributed by atoms with Crippen molar-refractivity contribution < 1.29 is 14.2 Å². The van der Waals surface area contributed by atoms with Gasteiger partial charge in [-0.1, -0.05) is 49.4 Å². The van der Waals surface area contributed by atoms with Gasteiger partial charge in [0.25, 0.3) is 0 Å². The van der Waals surface area contributed by atoms with Gasteiger partial charge in [0, 0.05) is 12.1 Å². The minimum atomic E-state index is -0.0129. The third-order valence-corrected chi connectivity index (χ3v) is 6.31. The van der Waals surface area contributed by atoms with Gasteiger partial charge >= 0.3 is 0 Å². The molecule has 0 spiro atoms. The zero-order valence-electron chi connectivity index (χ0n) is 19.0. The maximum Gasteiger partial charge on any atom is 0.203 e. The topological polar surface area (TPSA) is 30.9 Å². The number of hydrogen-bond donors (Lipinski definition) is 0. The minimum Gasteiger partial charge on any atom is -0.493 e. The molecule has 0 saturated heterocycles. The lowest BCUT2D eigenvalue weighted by Crippen LogP contribution is -2.44. The predicted octanol–water partition coefficient (Wildman–Crippen LogP) is 5.76. The Morgan fingerprint density at radius 1 is 1.00 bits per heavy atom. The second kappa shape index (κ2) is 10.0. The molecule has 0 aliphatic heterocycles. The molecule has 1 atom stereocenters. The van der Waals surface area contributed by atoms with Crippen molar-refractivity contribution in [3.05, 3.63) is 59.7 Å². The van der Waals surface area contributed by atoms with Crippen LogP contribution in [0, 0.1) is 5.92 Å². The molecule has 2 aromatic rings. The lowest BCUT2D eigenvalue weighted by Gasteiger charge is -2.42. The van der Waals surface area contributed by atoms with Gasteiger partial charge in [0.2, 0.25) is 5.75 Å². The molecule has 1 fully saturated rings. The van der Waals surface area contributed by atoms with Crippen LogP contribution < -0.4 is 14.2 Å². The van der Waals surface area contributed by atoms with E-state index in [1.807, 2.05) is 12.1 Å². The summed E-state index contributed by atoms with van der Waals surface area (Å²) >= 11 is 0. The summed E-state index contributed by atoms with van der Waals surface area (Å²) in [7, 11) is 7.20. The first-order valence-corrected chi connectivity index (χ1v) is 10.8. The predicted molar refractivity (Wildman–Crippen MR) is 124 cm³/mol. The summed E-state index contributed by atoms with van der Waals surface area (Å²) in [4.78, 5) is 2.57. The Morgan fingerprint density at radius 3 is 2.13 bits per heavy atom. The van der Waals surface area contributed by atoms with E-state index in [0.29, 0.717) is 17.2 Å². The Labute approximate surface area is 181 Å². The Bertz CT molecular complexity index is 820. The fraction of sp³-hybridized carbons (Fsp3) is 0.462. The van der Waals surface area contributed by atoms with E-state index in [0.717, 1.165) is 30.9 Å². The Hall–Kier alpha value is -2.46. The standard InChI is InChI=1S/C26H35NO3/c1-6-26(22-12-8-7-9-13-22,27(2)19-20-14-15-20)16-10-11-21-17-23(28-3)25(30-5)24(18-21)29-4/h7-13,17-18,20H,6,14-16,19H2,1-5H3/b11-10+. The fourth-order valence-electron chi connectivity index (χ4n) is 4.31. The summed E-state index contributed by atoms with van der Waals surface area (Å²) in [6, 6.07) is 14.9. The molecular weight excluding hydrogens is 374 g/mol. The summed E-state index contributed by atoms with van der Waals surface area (Å²) < 4.78 is 16.4. The van der Waals surface area contributed by atoms with Crippen molar-refractivity contribution in [3.63, 3.8) is 0 Å². The van der Waals surface area contributed by atoms with Crippen molar-refractivity contribution in [2.75, 3.05) is 34.9 Å². The van der Waals surface area contributed by atoms with Gasteiger partial charge in [0.15, 0.2) is 11.5 Å². The Balaban J connectivity index is 1.89. The molecule has 1 unspecified atom stereocenters. The molecule has 1 aliphatic carbocycles. The van der Waals surface area contributed by atoms with Crippen LogP contribution in [0.3, 0.4) is 0 Å². The van der Waals surface area contributed by atoms with Crippen LogP contribution in [0.4, 0.5) is 0 Å². The van der Waals surface area contributed by atoms with Crippen molar-refractivity contribution >= 4 is 6.08 Å². The molecule has 0 aromatic heterocycles. The van der Waals surface area contributed by atoms with Crippen molar-refractivity contribution in [1.29, 1.82) is 0 Å². The molecule has 3 rings (SSSR count). The summed E-state index contributed by atoms with van der Waals surface area (Å²) in [5, 5.41) is 0. The van der Waals surface area contributed by atoms with Crippen molar-refractivity contribution in [1.82, 2.24) is 4.90 Å². The van der Waals surface area contributed by atoms with E-state index in [9.17, 15) is 0 Å². The molecule has 30 heavy (non-hydrogen) atoms. The van der Waals surface area contributed by atoms with E-state index >= 15 is 0 Å². The van der Waals surface area contributed by atoms with E-state index in [2.05, 4.69) is 61.4 Å². The van der Waals surface area contributed by atoms with Crippen molar-refractivity contribution in [3.8, 4) is 17.2 Å².